The van der Waals surface area contributed by atoms with Crippen molar-refractivity contribution >= 4 is 28.9 Å². The van der Waals surface area contributed by atoms with Crippen LogP contribution in [0.3, 0.4) is 0 Å². The van der Waals surface area contributed by atoms with Crippen LogP contribution in [0, 0.1) is 0 Å². The Balaban J connectivity index is 1.48. The topological polar surface area (TPSA) is 50.8 Å². The average molecular weight is 431 g/mol. The van der Waals surface area contributed by atoms with Crippen molar-refractivity contribution in [1.29, 1.82) is 0 Å². The molecule has 3 rings (SSSR count). The number of ether oxygens (including phenoxy) is 2. The lowest BCUT2D eigenvalue weighted by atomic mass is 9.87. The van der Waals surface area contributed by atoms with Crippen LogP contribution >= 0.6 is 11.6 Å². The molecule has 162 valence electrons. The maximum absolute atomic E-state index is 12.5. The molecule has 0 aliphatic carbocycles. The summed E-state index contributed by atoms with van der Waals surface area (Å²) >= 11 is 6.16. The summed E-state index contributed by atoms with van der Waals surface area (Å²) in [5.41, 5.74) is 3.11. The third-order valence-electron chi connectivity index (χ3n) is 5.12. The van der Waals surface area contributed by atoms with Gasteiger partial charge in [0.05, 0.1) is 31.2 Å². The first-order valence-corrected chi connectivity index (χ1v) is 10.9. The number of nitrogens with zero attached hydrogens (tertiary/aromatic N) is 1. The minimum atomic E-state index is -0.0431. The zero-order valence-electron chi connectivity index (χ0n) is 18.0. The molecule has 2 aromatic carbocycles. The minimum absolute atomic E-state index is 0.0431. The Hall–Kier alpha value is -2.24. The lowest BCUT2D eigenvalue weighted by molar-refractivity contribution is -0.116. The molecule has 0 radical (unpaired) electrons. The molecular weight excluding hydrogens is 400 g/mol. The van der Waals surface area contributed by atoms with E-state index in [2.05, 4.69) is 43.1 Å². The first kappa shape index (κ1) is 22.4. The summed E-state index contributed by atoms with van der Waals surface area (Å²) in [6.45, 7) is 10.0. The molecule has 1 N–H and O–H groups in total. The highest BCUT2D eigenvalue weighted by molar-refractivity contribution is 6.31. The summed E-state index contributed by atoms with van der Waals surface area (Å²) in [6, 6.07) is 13.8. The Labute approximate surface area is 184 Å². The minimum Gasteiger partial charge on any atom is -0.494 e. The first-order valence-electron chi connectivity index (χ1n) is 10.5. The number of carbonyl (C=O) groups is 1. The predicted molar refractivity (Wildman–Crippen MR) is 123 cm³/mol. The van der Waals surface area contributed by atoms with Gasteiger partial charge in [-0.1, -0.05) is 44.5 Å². The van der Waals surface area contributed by atoms with Gasteiger partial charge < -0.3 is 19.7 Å². The van der Waals surface area contributed by atoms with Gasteiger partial charge in [-0.25, -0.2) is 0 Å². The number of anilines is 2. The molecule has 0 spiro atoms. The molecule has 1 aliphatic heterocycles. The van der Waals surface area contributed by atoms with Crippen molar-refractivity contribution in [1.82, 2.24) is 0 Å². The van der Waals surface area contributed by atoms with E-state index in [9.17, 15) is 4.79 Å². The Morgan fingerprint density at radius 2 is 1.83 bits per heavy atom. The summed E-state index contributed by atoms with van der Waals surface area (Å²) < 4.78 is 11.2. The standard InChI is InChI=1S/C24H31ClN2O3/c1-24(2,3)18-6-9-20(10-7-18)30-14-4-5-23(28)26-21-17-19(25)8-11-22(21)27-12-15-29-16-13-27/h6-11,17H,4-5,12-16H2,1-3H3,(H,26,28). The van der Waals surface area contributed by atoms with E-state index in [1.54, 1.807) is 6.07 Å². The van der Waals surface area contributed by atoms with E-state index < -0.39 is 0 Å². The smallest absolute Gasteiger partial charge is 0.224 e. The fourth-order valence-corrected chi connectivity index (χ4v) is 3.55. The Morgan fingerprint density at radius 1 is 1.13 bits per heavy atom. The van der Waals surface area contributed by atoms with Crippen LogP contribution in [-0.4, -0.2) is 38.8 Å². The normalized spacial score (nSPS) is 14.5. The zero-order valence-corrected chi connectivity index (χ0v) is 18.8. The van der Waals surface area contributed by atoms with Crippen molar-refractivity contribution in [3.63, 3.8) is 0 Å². The van der Waals surface area contributed by atoms with Crippen molar-refractivity contribution in [2.45, 2.75) is 39.0 Å². The molecule has 0 unspecified atom stereocenters. The number of hydrogen-bond acceptors (Lipinski definition) is 4. The summed E-state index contributed by atoms with van der Waals surface area (Å²) in [5, 5.41) is 3.61. The second-order valence-corrected chi connectivity index (χ2v) is 8.97. The summed E-state index contributed by atoms with van der Waals surface area (Å²) in [4.78, 5) is 14.7. The highest BCUT2D eigenvalue weighted by Gasteiger charge is 2.17. The number of hydrogen-bond donors (Lipinski definition) is 1. The SMILES string of the molecule is CC(C)(C)c1ccc(OCCCC(=O)Nc2cc(Cl)ccc2N2CCOCC2)cc1. The van der Waals surface area contributed by atoms with Gasteiger partial charge in [0.25, 0.3) is 0 Å². The second kappa shape index (κ2) is 10.2. The van der Waals surface area contributed by atoms with E-state index in [0.717, 1.165) is 30.2 Å². The van der Waals surface area contributed by atoms with E-state index in [0.29, 0.717) is 37.7 Å². The molecule has 1 aliphatic rings. The molecular formula is C24H31ClN2O3. The number of morpholine rings is 1. The van der Waals surface area contributed by atoms with Crippen LogP contribution in [0.5, 0.6) is 5.75 Å². The van der Waals surface area contributed by atoms with E-state index in [1.807, 2.05) is 24.3 Å². The van der Waals surface area contributed by atoms with Crippen molar-refractivity contribution in [3.05, 3.63) is 53.1 Å². The zero-order chi connectivity index (χ0) is 21.6. The molecule has 1 amide bonds. The maximum Gasteiger partial charge on any atom is 0.224 e. The summed E-state index contributed by atoms with van der Waals surface area (Å²) in [7, 11) is 0. The van der Waals surface area contributed by atoms with Crippen LogP contribution in [-0.2, 0) is 14.9 Å². The number of rotatable bonds is 7. The molecule has 0 aromatic heterocycles. The predicted octanol–water partition coefficient (Wildman–Crippen LogP) is 5.27. The fraction of sp³-hybridized carbons (Fsp3) is 0.458. The Morgan fingerprint density at radius 3 is 2.50 bits per heavy atom. The van der Waals surface area contributed by atoms with E-state index in [1.165, 1.54) is 5.56 Å². The van der Waals surface area contributed by atoms with Gasteiger partial charge in [-0.2, -0.15) is 0 Å². The lowest BCUT2D eigenvalue weighted by Crippen LogP contribution is -2.36. The number of benzene rings is 2. The highest BCUT2D eigenvalue weighted by atomic mass is 35.5. The molecule has 1 heterocycles. The largest absolute Gasteiger partial charge is 0.494 e. The molecule has 0 atom stereocenters. The van der Waals surface area contributed by atoms with Gasteiger partial charge in [0.1, 0.15) is 5.75 Å². The lowest BCUT2D eigenvalue weighted by Gasteiger charge is -2.30. The van der Waals surface area contributed by atoms with E-state index in [4.69, 9.17) is 21.1 Å². The molecule has 5 nitrogen and oxygen atoms in total. The summed E-state index contributed by atoms with van der Waals surface area (Å²) in [6.07, 6.45) is 1.02. The van der Waals surface area contributed by atoms with E-state index >= 15 is 0 Å². The third-order valence-corrected chi connectivity index (χ3v) is 5.36. The van der Waals surface area contributed by atoms with Crippen LogP contribution in [0.2, 0.25) is 5.02 Å². The third kappa shape index (κ3) is 6.38. The van der Waals surface area contributed by atoms with Crippen molar-refractivity contribution in [2.24, 2.45) is 0 Å². The monoisotopic (exact) mass is 430 g/mol. The van der Waals surface area contributed by atoms with Gasteiger partial charge >= 0.3 is 0 Å². The molecule has 6 heteroatoms. The van der Waals surface area contributed by atoms with Crippen molar-refractivity contribution in [3.8, 4) is 5.75 Å². The number of amides is 1. The van der Waals surface area contributed by atoms with Crippen molar-refractivity contribution < 1.29 is 14.3 Å². The fourth-order valence-electron chi connectivity index (χ4n) is 3.38. The number of carbonyl (C=O) groups excluding carboxylic acids is 1. The van der Waals surface area contributed by atoms with Crippen molar-refractivity contribution in [2.75, 3.05) is 43.1 Å². The van der Waals surface area contributed by atoms with Crippen LogP contribution in [0.25, 0.3) is 0 Å². The molecule has 2 aromatic rings. The van der Waals surface area contributed by atoms with Gasteiger partial charge in [0, 0.05) is 24.5 Å². The maximum atomic E-state index is 12.5. The van der Waals surface area contributed by atoms with Gasteiger partial charge in [-0.3, -0.25) is 4.79 Å². The van der Waals surface area contributed by atoms with Gasteiger partial charge in [-0.15, -0.1) is 0 Å². The Kier molecular flexibility index (Phi) is 7.62. The van der Waals surface area contributed by atoms with Gasteiger partial charge in [0.2, 0.25) is 5.91 Å². The van der Waals surface area contributed by atoms with Crippen LogP contribution in [0.15, 0.2) is 42.5 Å². The average Bonchev–Trinajstić information content (AvgIpc) is 2.72. The molecule has 0 bridgehead atoms. The van der Waals surface area contributed by atoms with E-state index in [-0.39, 0.29) is 11.3 Å². The first-order chi connectivity index (χ1) is 14.3. The van der Waals surface area contributed by atoms with Gasteiger partial charge in [-0.05, 0) is 47.7 Å². The quantitative estimate of drug-likeness (QED) is 0.608. The highest BCUT2D eigenvalue weighted by Crippen LogP contribution is 2.30. The van der Waals surface area contributed by atoms with Crippen LogP contribution in [0.1, 0.15) is 39.2 Å². The number of nitrogens with one attached hydrogen (secondary N) is 1. The summed E-state index contributed by atoms with van der Waals surface area (Å²) in [5.74, 6) is 0.784. The molecule has 1 saturated heterocycles. The Bertz CT molecular complexity index is 841. The molecule has 30 heavy (non-hydrogen) atoms. The molecule has 1 fully saturated rings. The van der Waals surface area contributed by atoms with Gasteiger partial charge in [0.15, 0.2) is 0 Å². The molecule has 0 saturated carbocycles. The number of halogens is 1. The van der Waals surface area contributed by atoms with Crippen LogP contribution in [0.4, 0.5) is 11.4 Å². The second-order valence-electron chi connectivity index (χ2n) is 8.54. The van der Waals surface area contributed by atoms with Crippen LogP contribution < -0.4 is 15.0 Å².